The van der Waals surface area contributed by atoms with E-state index < -0.39 is 70.0 Å². The van der Waals surface area contributed by atoms with Crippen LogP contribution in [0.25, 0.3) is 0 Å². The summed E-state index contributed by atoms with van der Waals surface area (Å²) in [5, 5.41) is 0. The smallest absolute Gasteiger partial charge is 0.331 e. The number of halogens is 2. The van der Waals surface area contributed by atoms with E-state index in [1.165, 1.54) is 32.0 Å². The minimum Gasteiger partial charge on any atom is -0.598 e. The normalized spacial score (nSPS) is 20.1. The van der Waals surface area contributed by atoms with Crippen molar-refractivity contribution >= 4 is 29.1 Å². The molecule has 2 rings (SSSR count). The monoisotopic (exact) mass is 445 g/mol. The van der Waals surface area contributed by atoms with Gasteiger partial charge in [-0.2, -0.15) is 0 Å². The first-order valence-corrected chi connectivity index (χ1v) is 10.4. The van der Waals surface area contributed by atoms with E-state index in [2.05, 4.69) is 4.72 Å². The van der Waals surface area contributed by atoms with Crippen molar-refractivity contribution in [1.29, 1.82) is 0 Å². The van der Waals surface area contributed by atoms with E-state index in [1.54, 1.807) is 20.8 Å². The zero-order chi connectivity index (χ0) is 22.9. The Balaban J connectivity index is 2.45. The molecule has 0 radical (unpaired) electrons. The van der Waals surface area contributed by atoms with Gasteiger partial charge in [0.2, 0.25) is 5.92 Å². The number of Topliss-reactive ketones (excluding diaryl/α,β-unsaturated/α-hetero) is 1. The van der Waals surface area contributed by atoms with E-state index >= 15 is 0 Å². The summed E-state index contributed by atoms with van der Waals surface area (Å²) in [6, 6.07) is 5.12. The van der Waals surface area contributed by atoms with E-state index in [1.807, 2.05) is 0 Å². The van der Waals surface area contributed by atoms with Crippen LogP contribution in [-0.4, -0.2) is 39.5 Å². The molecule has 0 bridgehead atoms. The maximum absolute atomic E-state index is 14.6. The lowest BCUT2D eigenvalue weighted by Gasteiger charge is -2.37. The van der Waals surface area contributed by atoms with Gasteiger partial charge in [0.1, 0.15) is 22.8 Å². The number of esters is 2. The number of cyclic esters (lactones) is 2. The summed E-state index contributed by atoms with van der Waals surface area (Å²) < 4.78 is 53.2. The number of carbonyl (C=O) groups excluding carboxylic acids is 3. The largest absolute Gasteiger partial charge is 0.598 e. The Morgan fingerprint density at radius 1 is 1.20 bits per heavy atom. The van der Waals surface area contributed by atoms with E-state index in [4.69, 9.17) is 9.47 Å². The molecule has 0 aliphatic carbocycles. The lowest BCUT2D eigenvalue weighted by atomic mass is 9.83. The topological polar surface area (TPSA) is 105 Å². The summed E-state index contributed by atoms with van der Waals surface area (Å²) in [4.78, 5) is 37.3. The van der Waals surface area contributed by atoms with Crippen LogP contribution in [0.5, 0.6) is 0 Å². The van der Waals surface area contributed by atoms with Gasteiger partial charge in [-0.25, -0.2) is 8.78 Å². The van der Waals surface area contributed by atoms with Crippen LogP contribution in [0.2, 0.25) is 0 Å². The molecule has 1 heterocycles. The third-order valence-corrected chi connectivity index (χ3v) is 6.11. The lowest BCUT2D eigenvalue weighted by molar-refractivity contribution is -0.238. The molecule has 30 heavy (non-hydrogen) atoms. The Kier molecular flexibility index (Phi) is 6.95. The Hall–Kier alpha value is -2.04. The second kappa shape index (κ2) is 8.60. The molecule has 1 aliphatic rings. The predicted octanol–water partition coefficient (Wildman–Crippen LogP) is 2.45. The van der Waals surface area contributed by atoms with E-state index in [9.17, 15) is 27.7 Å². The third kappa shape index (κ3) is 5.16. The second-order valence-electron chi connectivity index (χ2n) is 8.50. The molecule has 1 aromatic rings. The van der Waals surface area contributed by atoms with Gasteiger partial charge in [-0.1, -0.05) is 18.2 Å². The third-order valence-electron chi connectivity index (χ3n) is 4.42. The van der Waals surface area contributed by atoms with Gasteiger partial charge in [-0.15, -0.1) is 4.72 Å². The maximum atomic E-state index is 14.6. The van der Waals surface area contributed by atoms with Crippen molar-refractivity contribution in [2.24, 2.45) is 5.92 Å². The molecule has 166 valence electrons. The second-order valence-corrected chi connectivity index (χ2v) is 10.5. The van der Waals surface area contributed by atoms with Gasteiger partial charge in [-0.3, -0.25) is 14.4 Å². The summed E-state index contributed by atoms with van der Waals surface area (Å²) in [7, 11) is 0. The molecule has 1 unspecified atom stereocenters. The van der Waals surface area contributed by atoms with Crippen molar-refractivity contribution in [1.82, 2.24) is 4.72 Å². The van der Waals surface area contributed by atoms with Gasteiger partial charge in [0, 0.05) is 37.2 Å². The van der Waals surface area contributed by atoms with Crippen LogP contribution in [0.4, 0.5) is 8.78 Å². The molecule has 1 N–H and O–H groups in total. The fourth-order valence-electron chi connectivity index (χ4n) is 2.89. The fourth-order valence-corrected chi connectivity index (χ4v) is 3.79. The first-order valence-electron chi connectivity index (χ1n) is 9.21. The number of ether oxygens (including phenoxy) is 2. The molecule has 1 fully saturated rings. The predicted molar refractivity (Wildman–Crippen MR) is 104 cm³/mol. The summed E-state index contributed by atoms with van der Waals surface area (Å²) in [6.07, 6.45) is -0.832. The van der Waals surface area contributed by atoms with E-state index in [-0.39, 0.29) is 5.56 Å². The molecule has 0 amide bonds. The van der Waals surface area contributed by atoms with Crippen LogP contribution >= 0.6 is 0 Å². The first-order chi connectivity index (χ1) is 13.7. The number of hydrogen-bond acceptors (Lipinski definition) is 7. The van der Waals surface area contributed by atoms with Gasteiger partial charge >= 0.3 is 11.9 Å². The molecule has 1 aromatic carbocycles. The highest BCUT2D eigenvalue weighted by Gasteiger charge is 2.51. The Bertz CT molecular complexity index is 821. The molecule has 7 nitrogen and oxygen atoms in total. The summed E-state index contributed by atoms with van der Waals surface area (Å²) in [6.45, 7) is 6.15. The fraction of sp³-hybridized carbons (Fsp3) is 0.550. The number of benzene rings is 1. The summed E-state index contributed by atoms with van der Waals surface area (Å²) in [5.41, 5.74) is -2.33. The lowest BCUT2D eigenvalue weighted by Crippen LogP contribution is -2.56. The van der Waals surface area contributed by atoms with Crippen molar-refractivity contribution in [3.63, 3.8) is 0 Å². The zero-order valence-electron chi connectivity index (χ0n) is 17.4. The molecular weight excluding hydrogens is 420 g/mol. The van der Waals surface area contributed by atoms with Crippen molar-refractivity contribution < 1.29 is 37.2 Å². The minimum atomic E-state index is -2.08. The maximum Gasteiger partial charge on any atom is 0.331 e. The number of ketones is 1. The molecule has 10 heteroatoms. The summed E-state index contributed by atoms with van der Waals surface area (Å²) >= 11 is -1.91. The number of rotatable bonds is 7. The zero-order valence-corrected chi connectivity index (χ0v) is 18.2. The highest BCUT2D eigenvalue weighted by molar-refractivity contribution is 7.90. The molecule has 2 atom stereocenters. The highest BCUT2D eigenvalue weighted by atomic mass is 32.2. The Morgan fingerprint density at radius 2 is 1.73 bits per heavy atom. The van der Waals surface area contributed by atoms with Crippen molar-refractivity contribution in [3.05, 3.63) is 35.6 Å². The van der Waals surface area contributed by atoms with Crippen LogP contribution in [0.15, 0.2) is 24.3 Å². The molecule has 1 saturated heterocycles. The highest BCUT2D eigenvalue weighted by Crippen LogP contribution is 2.34. The minimum absolute atomic E-state index is 0.253. The number of hydrogen-bond donors (Lipinski definition) is 1. The van der Waals surface area contributed by atoms with Crippen molar-refractivity contribution in [2.45, 2.75) is 57.1 Å². The average Bonchev–Trinajstić information content (AvgIpc) is 2.58. The summed E-state index contributed by atoms with van der Waals surface area (Å²) in [5.74, 6) is -7.64. The molecule has 0 spiro atoms. The van der Waals surface area contributed by atoms with Crippen molar-refractivity contribution in [3.8, 4) is 0 Å². The van der Waals surface area contributed by atoms with Gasteiger partial charge in [0.05, 0.1) is 0 Å². The van der Waals surface area contributed by atoms with Gasteiger partial charge in [0.25, 0.3) is 5.79 Å². The van der Waals surface area contributed by atoms with Crippen LogP contribution in [0.1, 0.15) is 46.6 Å². The molecular formula is C20H25F2NO6S. The van der Waals surface area contributed by atoms with Crippen molar-refractivity contribution in [2.75, 3.05) is 6.67 Å². The average molecular weight is 445 g/mol. The van der Waals surface area contributed by atoms with Crippen LogP contribution < -0.4 is 4.72 Å². The van der Waals surface area contributed by atoms with Gasteiger partial charge < -0.3 is 14.0 Å². The van der Waals surface area contributed by atoms with E-state index in [0.717, 1.165) is 6.07 Å². The Labute approximate surface area is 176 Å². The van der Waals surface area contributed by atoms with E-state index in [0.29, 0.717) is 0 Å². The first kappa shape index (κ1) is 24.2. The number of nitrogens with one attached hydrogen (secondary N) is 1. The Morgan fingerprint density at radius 3 is 2.20 bits per heavy atom. The van der Waals surface area contributed by atoms with Gasteiger partial charge in [0.15, 0.2) is 5.78 Å². The molecule has 0 aromatic heterocycles. The number of alkyl halides is 1. The van der Waals surface area contributed by atoms with Crippen LogP contribution in [-0.2, 0) is 40.8 Å². The standard InChI is InChI=1S/C20H25F2NO6S/c1-18(2,3)30(27)23-20(11-21,12-8-6-7-9-13(12)22)10-14(24)15-16(25)28-19(4,5)29-17(15)26/h6-9,15,23H,10-11H2,1-5H3/t20?,30-/m1/s1. The molecule has 0 saturated carbocycles. The SMILES string of the molecule is CC1(C)OC(=O)C(C(=O)CC(CF)(N[S@+]([O-])C(C)(C)C)c2ccccc2F)C(=O)O1. The van der Waals surface area contributed by atoms with Gasteiger partial charge in [-0.05, 0) is 26.8 Å². The molecule has 1 aliphatic heterocycles. The van der Waals surface area contributed by atoms with Crippen LogP contribution in [0.3, 0.4) is 0 Å². The quantitative estimate of drug-likeness (QED) is 0.390. The van der Waals surface area contributed by atoms with Crippen LogP contribution in [0, 0.1) is 11.7 Å². The number of carbonyl (C=O) groups is 3.